The molecule has 0 saturated heterocycles. The Morgan fingerprint density at radius 3 is 2.63 bits per heavy atom. The molecule has 6 N–H and O–H groups in total. The van der Waals surface area contributed by atoms with Crippen LogP contribution >= 0.6 is 0 Å². The van der Waals surface area contributed by atoms with Crippen LogP contribution in [0.5, 0.6) is 0 Å². The van der Waals surface area contributed by atoms with Crippen LogP contribution in [0.1, 0.15) is 32.0 Å². The first-order chi connectivity index (χ1) is 14.1. The third-order valence-electron chi connectivity index (χ3n) is 4.74. The first-order valence-corrected chi connectivity index (χ1v) is 9.78. The van der Waals surface area contributed by atoms with Crippen molar-refractivity contribution in [1.29, 1.82) is 5.41 Å². The Hall–Kier alpha value is -3.20. The minimum Gasteiger partial charge on any atom is -0.370 e. The number of hydrogen-bond acceptors (Lipinski definition) is 4. The van der Waals surface area contributed by atoms with Crippen LogP contribution in [0.2, 0.25) is 0 Å². The van der Waals surface area contributed by atoms with E-state index in [4.69, 9.17) is 11.1 Å². The lowest BCUT2D eigenvalue weighted by Gasteiger charge is -2.15. The normalized spacial score (nSPS) is 12.8. The number of fused-ring (bicyclic) bond motifs is 1. The van der Waals surface area contributed by atoms with E-state index in [-0.39, 0.29) is 30.2 Å². The van der Waals surface area contributed by atoms with Gasteiger partial charge >= 0.3 is 5.69 Å². The Balaban J connectivity index is 1.68. The number of guanidine groups is 1. The molecule has 30 heavy (non-hydrogen) atoms. The van der Waals surface area contributed by atoms with Crippen molar-refractivity contribution in [2.24, 2.45) is 5.73 Å². The summed E-state index contributed by atoms with van der Waals surface area (Å²) in [5, 5.41) is 13.4. The molecule has 0 unspecified atom stereocenters. The molecule has 8 nitrogen and oxygen atoms in total. The molecule has 0 bridgehead atoms. The Morgan fingerprint density at radius 1 is 1.30 bits per heavy atom. The largest absolute Gasteiger partial charge is 0.370 e. The monoisotopic (exact) mass is 413 g/mol. The van der Waals surface area contributed by atoms with Crippen LogP contribution in [0.3, 0.4) is 0 Å². The third-order valence-corrected chi connectivity index (χ3v) is 4.74. The summed E-state index contributed by atoms with van der Waals surface area (Å²) in [6.45, 7) is 6.92. The zero-order valence-corrected chi connectivity index (χ0v) is 17.4. The number of rotatable bonds is 7. The molecule has 0 fully saturated rings. The molecule has 9 heteroatoms. The highest BCUT2D eigenvalue weighted by Crippen LogP contribution is 2.24. The maximum atomic E-state index is 13.7. The smallest absolute Gasteiger partial charge is 0.354 e. The minimum absolute atomic E-state index is 0.00422. The third kappa shape index (κ3) is 5.24. The number of halogens is 1. The summed E-state index contributed by atoms with van der Waals surface area (Å²) in [5.74, 6) is -0.245. The predicted molar refractivity (Wildman–Crippen MR) is 117 cm³/mol. The lowest BCUT2D eigenvalue weighted by molar-refractivity contribution is 0.317. The molecular weight excluding hydrogens is 385 g/mol. The van der Waals surface area contributed by atoms with Crippen LogP contribution in [0.25, 0.3) is 16.7 Å². The SMILES string of the molecule is CC(C)(C)c1cc2cn(-c3ccc(CNC[C@H](F)CNC(=N)N)cc3)c(=O)nc2[nH]1. The van der Waals surface area contributed by atoms with E-state index in [1.54, 1.807) is 6.20 Å². The lowest BCUT2D eigenvalue weighted by atomic mass is 9.92. The number of benzene rings is 1. The molecule has 3 rings (SSSR count). The van der Waals surface area contributed by atoms with E-state index in [1.807, 2.05) is 30.3 Å². The summed E-state index contributed by atoms with van der Waals surface area (Å²) in [4.78, 5) is 19.9. The minimum atomic E-state index is -1.15. The van der Waals surface area contributed by atoms with E-state index in [2.05, 4.69) is 41.4 Å². The first kappa shape index (κ1) is 21.5. The second-order valence-electron chi connectivity index (χ2n) is 8.32. The standard InChI is InChI=1S/C21H28FN7O/c1-21(2,3)17-8-14-12-29(20(30)28-18(14)27-17)16-6-4-13(5-7-16)9-25-10-15(22)11-26-19(23)24/h4-8,12,15,25H,9-11H2,1-3H3,(H4,23,24,26)(H,27,28,30)/t15-/m0/s1. The average Bonchev–Trinajstić information content (AvgIpc) is 3.10. The van der Waals surface area contributed by atoms with Crippen LogP contribution in [-0.4, -0.2) is 39.8 Å². The van der Waals surface area contributed by atoms with Crippen molar-refractivity contribution in [2.45, 2.75) is 38.9 Å². The van der Waals surface area contributed by atoms with Gasteiger partial charge in [-0.1, -0.05) is 32.9 Å². The van der Waals surface area contributed by atoms with Gasteiger partial charge in [0.15, 0.2) is 5.96 Å². The first-order valence-electron chi connectivity index (χ1n) is 9.78. The maximum absolute atomic E-state index is 13.7. The average molecular weight is 414 g/mol. The Labute approximate surface area is 174 Å². The molecular formula is C21H28FN7O. The summed E-state index contributed by atoms with van der Waals surface area (Å²) in [6, 6.07) is 9.47. The van der Waals surface area contributed by atoms with E-state index >= 15 is 0 Å². The molecule has 0 saturated carbocycles. The summed E-state index contributed by atoms with van der Waals surface area (Å²) in [6.07, 6.45) is 0.642. The van der Waals surface area contributed by atoms with Gasteiger partial charge in [-0.3, -0.25) is 9.98 Å². The topological polar surface area (TPSA) is 125 Å². The van der Waals surface area contributed by atoms with Gasteiger partial charge in [0.05, 0.1) is 12.2 Å². The second kappa shape index (κ2) is 8.66. The van der Waals surface area contributed by atoms with Crippen LogP contribution in [0.15, 0.2) is 41.3 Å². The summed E-state index contributed by atoms with van der Waals surface area (Å²) < 4.78 is 15.2. The highest BCUT2D eigenvalue weighted by molar-refractivity contribution is 5.76. The van der Waals surface area contributed by atoms with E-state index in [0.29, 0.717) is 17.9 Å². The highest BCUT2D eigenvalue weighted by atomic mass is 19.1. The number of nitrogens with two attached hydrogens (primary N) is 1. The molecule has 0 amide bonds. The number of H-pyrrole nitrogens is 1. The molecule has 2 heterocycles. The number of alkyl halides is 1. The number of hydrogen-bond donors (Lipinski definition) is 5. The van der Waals surface area contributed by atoms with Gasteiger partial charge < -0.3 is 21.4 Å². The van der Waals surface area contributed by atoms with Gasteiger partial charge in [0.2, 0.25) is 0 Å². The number of aromatic amines is 1. The number of aromatic nitrogens is 3. The van der Waals surface area contributed by atoms with Gasteiger partial charge in [0.1, 0.15) is 11.8 Å². The van der Waals surface area contributed by atoms with E-state index < -0.39 is 6.17 Å². The fourth-order valence-electron chi connectivity index (χ4n) is 3.02. The molecule has 1 atom stereocenters. The van der Waals surface area contributed by atoms with Crippen LogP contribution in [0, 0.1) is 5.41 Å². The van der Waals surface area contributed by atoms with Crippen LogP contribution in [0.4, 0.5) is 4.39 Å². The van der Waals surface area contributed by atoms with Crippen molar-refractivity contribution in [1.82, 2.24) is 25.2 Å². The van der Waals surface area contributed by atoms with Crippen molar-refractivity contribution in [2.75, 3.05) is 13.1 Å². The predicted octanol–water partition coefficient (Wildman–Crippen LogP) is 1.92. The highest BCUT2D eigenvalue weighted by Gasteiger charge is 2.17. The molecule has 3 aromatic rings. The lowest BCUT2D eigenvalue weighted by Crippen LogP contribution is -2.38. The van der Waals surface area contributed by atoms with Gasteiger partial charge in [-0.15, -0.1) is 0 Å². The fourth-order valence-corrected chi connectivity index (χ4v) is 3.02. The van der Waals surface area contributed by atoms with E-state index in [0.717, 1.165) is 16.6 Å². The Morgan fingerprint density at radius 2 is 2.00 bits per heavy atom. The molecule has 0 radical (unpaired) electrons. The van der Waals surface area contributed by atoms with Gasteiger partial charge in [0.25, 0.3) is 0 Å². The van der Waals surface area contributed by atoms with Gasteiger partial charge in [-0.05, 0) is 23.8 Å². The summed E-state index contributed by atoms with van der Waals surface area (Å²) in [7, 11) is 0. The van der Waals surface area contributed by atoms with Crippen molar-refractivity contribution in [3.8, 4) is 5.69 Å². The summed E-state index contributed by atoms with van der Waals surface area (Å²) >= 11 is 0. The number of nitrogens with one attached hydrogen (secondary N) is 4. The maximum Gasteiger partial charge on any atom is 0.354 e. The van der Waals surface area contributed by atoms with Crippen LogP contribution < -0.4 is 22.1 Å². The zero-order valence-electron chi connectivity index (χ0n) is 17.4. The van der Waals surface area contributed by atoms with E-state index in [1.165, 1.54) is 4.57 Å². The fraction of sp³-hybridized carbons (Fsp3) is 0.381. The molecule has 0 spiro atoms. The van der Waals surface area contributed by atoms with Crippen molar-refractivity contribution in [3.05, 3.63) is 58.3 Å². The molecule has 160 valence electrons. The Kier molecular flexibility index (Phi) is 6.21. The Bertz CT molecular complexity index is 1080. The molecule has 0 aliphatic heterocycles. The number of nitrogens with zero attached hydrogens (tertiary/aromatic N) is 2. The molecule has 2 aromatic heterocycles. The van der Waals surface area contributed by atoms with Crippen molar-refractivity contribution >= 4 is 17.0 Å². The quantitative estimate of drug-likeness (QED) is 0.299. The van der Waals surface area contributed by atoms with Gasteiger partial charge in [0, 0.05) is 35.8 Å². The van der Waals surface area contributed by atoms with Crippen molar-refractivity contribution < 1.29 is 4.39 Å². The molecule has 1 aromatic carbocycles. The van der Waals surface area contributed by atoms with Crippen molar-refractivity contribution in [3.63, 3.8) is 0 Å². The molecule has 0 aliphatic carbocycles. The van der Waals surface area contributed by atoms with Crippen LogP contribution in [-0.2, 0) is 12.0 Å². The molecule has 0 aliphatic rings. The van der Waals surface area contributed by atoms with Gasteiger partial charge in [-0.2, -0.15) is 4.98 Å². The van der Waals surface area contributed by atoms with Gasteiger partial charge in [-0.25, -0.2) is 9.18 Å². The second-order valence-corrected chi connectivity index (χ2v) is 8.32. The zero-order chi connectivity index (χ0) is 21.9. The van der Waals surface area contributed by atoms with E-state index in [9.17, 15) is 9.18 Å². The summed E-state index contributed by atoms with van der Waals surface area (Å²) in [5.41, 5.74) is 8.00.